The number of hydrogen-bond donors (Lipinski definition) is 0. The normalized spacial score (nSPS) is 16.7. The van der Waals surface area contributed by atoms with Gasteiger partial charge in [0.15, 0.2) is 6.29 Å². The highest BCUT2D eigenvalue weighted by Crippen LogP contribution is 2.17. The molecule has 0 fully saturated rings. The van der Waals surface area contributed by atoms with E-state index in [2.05, 4.69) is 10.6 Å². The molecule has 0 saturated heterocycles. The Kier molecular flexibility index (Phi) is 1.98. The third-order valence-electron chi connectivity index (χ3n) is 2.54. The Hall–Kier alpha value is -1.05. The van der Waals surface area contributed by atoms with Crippen molar-refractivity contribution in [2.75, 3.05) is 0 Å². The van der Waals surface area contributed by atoms with E-state index >= 15 is 0 Å². The summed E-state index contributed by atoms with van der Waals surface area (Å²) in [5.41, 5.74) is 2.17. The number of fused-ring (bicyclic) bond motifs is 1. The van der Waals surface area contributed by atoms with Crippen LogP contribution in [0.25, 0.3) is 0 Å². The van der Waals surface area contributed by atoms with Gasteiger partial charge in [-0.25, -0.2) is 0 Å². The van der Waals surface area contributed by atoms with E-state index in [9.17, 15) is 4.79 Å². The van der Waals surface area contributed by atoms with E-state index in [1.54, 1.807) is 0 Å². The Morgan fingerprint density at radius 2 is 2.17 bits per heavy atom. The van der Waals surface area contributed by atoms with Gasteiger partial charge >= 0.3 is 0 Å². The van der Waals surface area contributed by atoms with E-state index in [-0.39, 0.29) is 0 Å². The van der Waals surface area contributed by atoms with Crippen LogP contribution in [0.15, 0.2) is 12.1 Å². The van der Waals surface area contributed by atoms with Gasteiger partial charge in [-0.15, -0.1) is 0 Å². The summed E-state index contributed by atoms with van der Waals surface area (Å²) < 4.78 is 2.15. The zero-order chi connectivity index (χ0) is 8.39. The summed E-state index contributed by atoms with van der Waals surface area (Å²) in [6.45, 7) is 1.02. The topological polar surface area (TPSA) is 22.0 Å². The van der Waals surface area contributed by atoms with Crippen molar-refractivity contribution in [2.24, 2.45) is 0 Å². The molecule has 1 aliphatic rings. The van der Waals surface area contributed by atoms with Gasteiger partial charge in [-0.1, -0.05) is 6.42 Å². The molecular weight excluding hydrogens is 150 g/mol. The van der Waals surface area contributed by atoms with E-state index in [0.717, 1.165) is 24.9 Å². The van der Waals surface area contributed by atoms with Gasteiger partial charge in [0, 0.05) is 12.2 Å². The lowest BCUT2D eigenvalue weighted by atomic mass is 10.2. The summed E-state index contributed by atoms with van der Waals surface area (Å²) in [7, 11) is 0. The van der Waals surface area contributed by atoms with Crippen LogP contribution in [0.1, 0.15) is 35.4 Å². The maximum atomic E-state index is 10.6. The zero-order valence-corrected chi connectivity index (χ0v) is 7.12. The maximum absolute atomic E-state index is 10.6. The highest BCUT2D eigenvalue weighted by atomic mass is 16.1. The fourth-order valence-corrected chi connectivity index (χ4v) is 1.87. The number of rotatable bonds is 1. The average molecular weight is 163 g/mol. The lowest BCUT2D eigenvalue weighted by molar-refractivity contribution is 0.111. The number of nitrogens with zero attached hydrogens (tertiary/aromatic N) is 1. The van der Waals surface area contributed by atoms with Crippen molar-refractivity contribution in [3.63, 3.8) is 0 Å². The van der Waals surface area contributed by atoms with Gasteiger partial charge in [-0.05, 0) is 31.4 Å². The Labute approximate surface area is 72.2 Å². The number of carbonyl (C=O) groups is 1. The van der Waals surface area contributed by atoms with Crippen molar-refractivity contribution in [3.05, 3.63) is 23.5 Å². The number of hydrogen-bond acceptors (Lipinski definition) is 1. The largest absolute Gasteiger partial charge is 0.342 e. The van der Waals surface area contributed by atoms with E-state index in [4.69, 9.17) is 0 Å². The lowest BCUT2D eigenvalue weighted by Crippen LogP contribution is -2.03. The molecule has 12 heavy (non-hydrogen) atoms. The maximum Gasteiger partial charge on any atom is 0.166 e. The zero-order valence-electron chi connectivity index (χ0n) is 7.12. The minimum Gasteiger partial charge on any atom is -0.342 e. The highest BCUT2D eigenvalue weighted by Gasteiger charge is 2.09. The standard InChI is InChI=1S/C10H13NO/c12-8-10-6-5-9-4-2-1-3-7-11(9)10/h5-6,8H,1-4,7H2. The minimum absolute atomic E-state index is 0.840. The van der Waals surface area contributed by atoms with E-state index in [1.165, 1.54) is 25.0 Å². The lowest BCUT2D eigenvalue weighted by Gasteiger charge is -2.04. The molecule has 2 heteroatoms. The molecule has 0 saturated carbocycles. The summed E-state index contributed by atoms with van der Waals surface area (Å²) in [4.78, 5) is 10.6. The van der Waals surface area contributed by atoms with Gasteiger partial charge in [0.2, 0.25) is 0 Å². The molecule has 1 aromatic rings. The molecule has 0 spiro atoms. The summed E-state index contributed by atoms with van der Waals surface area (Å²) in [6.07, 6.45) is 5.85. The average Bonchev–Trinajstić information content (AvgIpc) is 2.33. The van der Waals surface area contributed by atoms with Crippen LogP contribution in [-0.4, -0.2) is 10.9 Å². The second kappa shape index (κ2) is 3.13. The Bertz CT molecular complexity index is 288. The Balaban J connectivity index is 2.38. The summed E-state index contributed by atoms with van der Waals surface area (Å²) >= 11 is 0. The summed E-state index contributed by atoms with van der Waals surface area (Å²) in [5, 5.41) is 0. The van der Waals surface area contributed by atoms with Gasteiger partial charge in [-0.3, -0.25) is 4.79 Å². The van der Waals surface area contributed by atoms with E-state index < -0.39 is 0 Å². The quantitative estimate of drug-likeness (QED) is 0.580. The number of aldehydes is 1. The van der Waals surface area contributed by atoms with Gasteiger partial charge in [0.1, 0.15) is 0 Å². The predicted octanol–water partition coefficient (Wildman–Crippen LogP) is 2.03. The van der Waals surface area contributed by atoms with Crippen LogP contribution in [0.3, 0.4) is 0 Å². The molecule has 0 aromatic carbocycles. The van der Waals surface area contributed by atoms with Crippen molar-refractivity contribution in [2.45, 2.75) is 32.2 Å². The second-order valence-electron chi connectivity index (χ2n) is 3.33. The molecule has 0 N–H and O–H groups in total. The van der Waals surface area contributed by atoms with E-state index in [0.29, 0.717) is 0 Å². The Morgan fingerprint density at radius 3 is 3.00 bits per heavy atom. The molecule has 1 aliphatic heterocycles. The van der Waals surface area contributed by atoms with Gasteiger partial charge in [0.05, 0.1) is 5.69 Å². The van der Waals surface area contributed by atoms with Crippen LogP contribution in [0.4, 0.5) is 0 Å². The molecule has 64 valence electrons. The Morgan fingerprint density at radius 1 is 1.25 bits per heavy atom. The second-order valence-corrected chi connectivity index (χ2v) is 3.33. The SMILES string of the molecule is O=Cc1ccc2n1CCCCC2. The first-order valence-electron chi connectivity index (χ1n) is 4.55. The predicted molar refractivity (Wildman–Crippen MR) is 47.4 cm³/mol. The molecule has 0 radical (unpaired) electrons. The van der Waals surface area contributed by atoms with Crippen molar-refractivity contribution in [1.29, 1.82) is 0 Å². The molecule has 2 rings (SSSR count). The summed E-state index contributed by atoms with van der Waals surface area (Å²) in [5.74, 6) is 0. The number of carbonyl (C=O) groups excluding carboxylic acids is 1. The first-order chi connectivity index (χ1) is 5.92. The van der Waals surface area contributed by atoms with Gasteiger partial charge in [0.25, 0.3) is 0 Å². The van der Waals surface area contributed by atoms with Crippen LogP contribution >= 0.6 is 0 Å². The molecule has 2 nitrogen and oxygen atoms in total. The molecular formula is C10H13NO. The molecule has 0 bridgehead atoms. The van der Waals surface area contributed by atoms with Gasteiger partial charge in [-0.2, -0.15) is 0 Å². The van der Waals surface area contributed by atoms with Crippen LogP contribution in [0.5, 0.6) is 0 Å². The fourth-order valence-electron chi connectivity index (χ4n) is 1.87. The van der Waals surface area contributed by atoms with Crippen LogP contribution < -0.4 is 0 Å². The van der Waals surface area contributed by atoms with Crippen molar-refractivity contribution < 1.29 is 4.79 Å². The molecule has 0 aliphatic carbocycles. The molecule has 0 atom stereocenters. The van der Waals surface area contributed by atoms with Crippen LogP contribution in [-0.2, 0) is 13.0 Å². The van der Waals surface area contributed by atoms with Crippen molar-refractivity contribution >= 4 is 6.29 Å². The molecule has 1 aromatic heterocycles. The number of aryl methyl sites for hydroxylation is 1. The first-order valence-corrected chi connectivity index (χ1v) is 4.55. The van der Waals surface area contributed by atoms with E-state index in [1.807, 2.05) is 6.07 Å². The summed E-state index contributed by atoms with van der Waals surface area (Å²) in [6, 6.07) is 4.00. The molecule has 2 heterocycles. The first kappa shape index (κ1) is 7.59. The van der Waals surface area contributed by atoms with Crippen LogP contribution in [0, 0.1) is 0 Å². The minimum atomic E-state index is 0.840. The third kappa shape index (κ3) is 1.17. The third-order valence-corrected chi connectivity index (χ3v) is 2.54. The smallest absolute Gasteiger partial charge is 0.166 e. The highest BCUT2D eigenvalue weighted by molar-refractivity contribution is 5.72. The van der Waals surface area contributed by atoms with Crippen LogP contribution in [0.2, 0.25) is 0 Å². The molecule has 0 unspecified atom stereocenters. The van der Waals surface area contributed by atoms with Crippen molar-refractivity contribution in [1.82, 2.24) is 4.57 Å². The van der Waals surface area contributed by atoms with Crippen molar-refractivity contribution in [3.8, 4) is 0 Å². The van der Waals surface area contributed by atoms with Gasteiger partial charge < -0.3 is 4.57 Å². The number of aromatic nitrogens is 1. The molecule has 0 amide bonds. The fraction of sp³-hybridized carbons (Fsp3) is 0.500. The monoisotopic (exact) mass is 163 g/mol.